The van der Waals surface area contributed by atoms with Gasteiger partial charge in [-0.2, -0.15) is 0 Å². The Hall–Kier alpha value is -0.670. The number of rotatable bonds is 6. The Labute approximate surface area is 104 Å². The van der Waals surface area contributed by atoms with Crippen LogP contribution in [-0.4, -0.2) is 24.3 Å². The minimum absolute atomic E-state index is 0.0267. The van der Waals surface area contributed by atoms with Crippen LogP contribution in [0.1, 0.15) is 47.0 Å². The lowest BCUT2D eigenvalue weighted by molar-refractivity contribution is -0.178. The van der Waals surface area contributed by atoms with Crippen LogP contribution in [0.4, 0.5) is 0 Å². The largest absolute Gasteiger partial charge is 0.346 e. The molecule has 98 valence electrons. The summed E-state index contributed by atoms with van der Waals surface area (Å²) in [6.07, 6.45) is 5.96. The highest BCUT2D eigenvalue weighted by Crippen LogP contribution is 2.25. The van der Waals surface area contributed by atoms with Crippen LogP contribution in [0.3, 0.4) is 0 Å². The summed E-state index contributed by atoms with van der Waals surface area (Å²) in [5, 5.41) is 0. The molecule has 1 rings (SSSR count). The average molecular weight is 240 g/mol. The molecule has 3 atom stereocenters. The van der Waals surface area contributed by atoms with Gasteiger partial charge in [0.1, 0.15) is 5.78 Å². The molecule has 3 nitrogen and oxygen atoms in total. The summed E-state index contributed by atoms with van der Waals surface area (Å²) in [6.45, 7) is 7.97. The number of ether oxygens (including phenoxy) is 2. The zero-order chi connectivity index (χ0) is 12.8. The first-order valence-electron chi connectivity index (χ1n) is 6.57. The van der Waals surface area contributed by atoms with Crippen molar-refractivity contribution in [2.45, 2.75) is 65.5 Å². The van der Waals surface area contributed by atoms with Crippen molar-refractivity contribution in [3.63, 3.8) is 0 Å². The van der Waals surface area contributed by atoms with E-state index in [1.807, 2.05) is 26.8 Å². The van der Waals surface area contributed by atoms with Crippen molar-refractivity contribution in [1.29, 1.82) is 0 Å². The lowest BCUT2D eigenvalue weighted by Crippen LogP contribution is -2.35. The highest BCUT2D eigenvalue weighted by molar-refractivity contribution is 5.78. The molecule has 1 aliphatic heterocycles. The molecule has 0 aromatic heterocycles. The average Bonchev–Trinajstić information content (AvgIpc) is 2.28. The predicted molar refractivity (Wildman–Crippen MR) is 67.7 cm³/mol. The third kappa shape index (κ3) is 4.60. The second-order valence-corrected chi connectivity index (χ2v) is 4.78. The third-order valence-corrected chi connectivity index (χ3v) is 3.00. The van der Waals surface area contributed by atoms with Gasteiger partial charge in [-0.15, -0.1) is 0 Å². The summed E-state index contributed by atoms with van der Waals surface area (Å²) in [5.41, 5.74) is 0. The molecular weight excluding hydrogens is 216 g/mol. The minimum Gasteiger partial charge on any atom is -0.346 e. The van der Waals surface area contributed by atoms with E-state index in [-0.39, 0.29) is 24.3 Å². The van der Waals surface area contributed by atoms with Gasteiger partial charge in [-0.1, -0.05) is 19.9 Å². The van der Waals surface area contributed by atoms with Gasteiger partial charge in [-0.3, -0.25) is 4.79 Å². The van der Waals surface area contributed by atoms with Crippen molar-refractivity contribution in [3.8, 4) is 0 Å². The molecule has 0 fully saturated rings. The van der Waals surface area contributed by atoms with Crippen LogP contribution in [-0.2, 0) is 14.3 Å². The first kappa shape index (κ1) is 14.4. The Morgan fingerprint density at radius 3 is 2.59 bits per heavy atom. The smallest absolute Gasteiger partial charge is 0.177 e. The number of carbonyl (C=O) groups is 1. The van der Waals surface area contributed by atoms with E-state index in [1.54, 1.807) is 0 Å². The molecule has 3 heteroatoms. The van der Waals surface area contributed by atoms with Crippen LogP contribution >= 0.6 is 0 Å². The van der Waals surface area contributed by atoms with Gasteiger partial charge < -0.3 is 9.47 Å². The topological polar surface area (TPSA) is 35.5 Å². The predicted octanol–water partition coefficient (Wildman–Crippen LogP) is 3.09. The van der Waals surface area contributed by atoms with Crippen molar-refractivity contribution >= 4 is 5.78 Å². The number of Topliss-reactive ketones (excluding diaryl/α,β-unsaturated/α-hetero) is 1. The van der Waals surface area contributed by atoms with E-state index in [0.29, 0.717) is 18.8 Å². The molecule has 0 spiro atoms. The Morgan fingerprint density at radius 2 is 2.06 bits per heavy atom. The zero-order valence-electron chi connectivity index (χ0n) is 11.3. The van der Waals surface area contributed by atoms with Crippen molar-refractivity contribution in [2.24, 2.45) is 5.92 Å². The molecular formula is C14H24O3. The van der Waals surface area contributed by atoms with E-state index < -0.39 is 0 Å². The Morgan fingerprint density at radius 1 is 1.35 bits per heavy atom. The summed E-state index contributed by atoms with van der Waals surface area (Å²) in [7, 11) is 0. The Balaban J connectivity index is 2.60. The molecule has 0 N–H and O–H groups in total. The Kier molecular flexibility index (Phi) is 5.86. The highest BCUT2D eigenvalue weighted by atomic mass is 16.7. The quantitative estimate of drug-likeness (QED) is 0.669. The third-order valence-electron chi connectivity index (χ3n) is 3.00. The molecule has 0 aromatic carbocycles. The van der Waals surface area contributed by atoms with Gasteiger partial charge in [0, 0.05) is 18.8 Å². The summed E-state index contributed by atoms with van der Waals surface area (Å²) >= 11 is 0. The molecule has 0 unspecified atom stereocenters. The maximum absolute atomic E-state index is 11.5. The highest BCUT2D eigenvalue weighted by Gasteiger charge is 2.28. The van der Waals surface area contributed by atoms with Gasteiger partial charge in [0.25, 0.3) is 0 Å². The molecule has 0 aromatic rings. The molecule has 0 saturated heterocycles. The summed E-state index contributed by atoms with van der Waals surface area (Å²) in [4.78, 5) is 11.5. The SMILES string of the molecule is CCC(=O)C[C@H]1O[C@H](OC(C)C)C=C[C@H]1CC. The van der Waals surface area contributed by atoms with Gasteiger partial charge in [-0.25, -0.2) is 0 Å². The van der Waals surface area contributed by atoms with Crippen LogP contribution in [0.5, 0.6) is 0 Å². The first-order chi connectivity index (χ1) is 8.06. The van der Waals surface area contributed by atoms with Crippen LogP contribution in [0.15, 0.2) is 12.2 Å². The first-order valence-corrected chi connectivity index (χ1v) is 6.57. The molecule has 0 amide bonds. The summed E-state index contributed by atoms with van der Waals surface area (Å²) in [6, 6.07) is 0. The molecule has 17 heavy (non-hydrogen) atoms. The summed E-state index contributed by atoms with van der Waals surface area (Å²) < 4.78 is 11.5. The van der Waals surface area contributed by atoms with Crippen molar-refractivity contribution in [2.75, 3.05) is 0 Å². The number of hydrogen-bond donors (Lipinski definition) is 0. The van der Waals surface area contributed by atoms with E-state index in [9.17, 15) is 4.79 Å². The van der Waals surface area contributed by atoms with Crippen LogP contribution in [0.25, 0.3) is 0 Å². The fraction of sp³-hybridized carbons (Fsp3) is 0.786. The Bertz CT molecular complexity index is 271. The van der Waals surface area contributed by atoms with E-state index in [1.165, 1.54) is 0 Å². The zero-order valence-corrected chi connectivity index (χ0v) is 11.3. The molecule has 1 heterocycles. The van der Waals surface area contributed by atoms with Gasteiger partial charge in [-0.05, 0) is 26.3 Å². The molecule has 0 aliphatic carbocycles. The normalized spacial score (nSPS) is 28.6. The monoisotopic (exact) mass is 240 g/mol. The summed E-state index contributed by atoms with van der Waals surface area (Å²) in [5.74, 6) is 0.588. The van der Waals surface area contributed by atoms with Gasteiger partial charge in [0.05, 0.1) is 12.2 Å². The standard InChI is InChI=1S/C14H24O3/c1-5-11-7-8-14(16-10(3)4)17-13(11)9-12(15)6-2/h7-8,10-11,13-14H,5-6,9H2,1-4H3/t11-,13-,14+/m1/s1. The van der Waals surface area contributed by atoms with Crippen molar-refractivity contribution in [1.82, 2.24) is 0 Å². The molecule has 0 saturated carbocycles. The van der Waals surface area contributed by atoms with Crippen molar-refractivity contribution in [3.05, 3.63) is 12.2 Å². The maximum Gasteiger partial charge on any atom is 0.177 e. The fourth-order valence-corrected chi connectivity index (χ4v) is 1.99. The van der Waals surface area contributed by atoms with E-state index in [4.69, 9.17) is 9.47 Å². The molecule has 0 bridgehead atoms. The number of hydrogen-bond acceptors (Lipinski definition) is 3. The lowest BCUT2D eigenvalue weighted by atomic mass is 9.92. The number of ketones is 1. The van der Waals surface area contributed by atoms with Gasteiger partial charge >= 0.3 is 0 Å². The van der Waals surface area contributed by atoms with Crippen molar-refractivity contribution < 1.29 is 14.3 Å². The molecule has 0 radical (unpaired) electrons. The minimum atomic E-state index is -0.299. The van der Waals surface area contributed by atoms with Crippen LogP contribution < -0.4 is 0 Å². The van der Waals surface area contributed by atoms with E-state index in [2.05, 4.69) is 13.0 Å². The number of carbonyl (C=O) groups excluding carboxylic acids is 1. The van der Waals surface area contributed by atoms with E-state index >= 15 is 0 Å². The van der Waals surface area contributed by atoms with Crippen LogP contribution in [0, 0.1) is 5.92 Å². The lowest BCUT2D eigenvalue weighted by Gasteiger charge is -2.32. The van der Waals surface area contributed by atoms with Crippen LogP contribution in [0.2, 0.25) is 0 Å². The van der Waals surface area contributed by atoms with Gasteiger partial charge in [0.2, 0.25) is 0 Å². The fourth-order valence-electron chi connectivity index (χ4n) is 1.99. The second kappa shape index (κ2) is 6.92. The van der Waals surface area contributed by atoms with E-state index in [0.717, 1.165) is 6.42 Å². The van der Waals surface area contributed by atoms with Gasteiger partial charge in [0.15, 0.2) is 6.29 Å². The second-order valence-electron chi connectivity index (χ2n) is 4.78. The molecule has 1 aliphatic rings. The maximum atomic E-state index is 11.5.